The van der Waals surface area contributed by atoms with E-state index in [1.807, 2.05) is 26.8 Å². The average molecular weight is 196 g/mol. The Morgan fingerprint density at radius 1 is 1.21 bits per heavy atom. The molecular formula is C13H24O. The maximum absolute atomic E-state index is 5.18. The molecule has 0 bridgehead atoms. The first-order valence-corrected chi connectivity index (χ1v) is 5.09. The smallest absolute Gasteiger partial charge is 0.121 e. The molecule has 0 saturated heterocycles. The molecule has 0 aromatic rings. The van der Waals surface area contributed by atoms with Crippen LogP contribution in [0, 0.1) is 5.92 Å². The molecule has 0 amide bonds. The molecule has 0 fully saturated rings. The van der Waals surface area contributed by atoms with Crippen LogP contribution in [0.1, 0.15) is 34.6 Å². The van der Waals surface area contributed by atoms with E-state index in [0.717, 1.165) is 16.9 Å². The van der Waals surface area contributed by atoms with Crippen LogP contribution in [0.3, 0.4) is 0 Å². The van der Waals surface area contributed by atoms with Gasteiger partial charge in [0.2, 0.25) is 0 Å². The van der Waals surface area contributed by atoms with Crippen LogP contribution in [0.5, 0.6) is 0 Å². The van der Waals surface area contributed by atoms with Crippen LogP contribution < -0.4 is 0 Å². The third-order valence-electron chi connectivity index (χ3n) is 1.61. The number of allylic oxidation sites excluding steroid dienone is 3. The minimum Gasteiger partial charge on any atom is -0.496 e. The summed E-state index contributed by atoms with van der Waals surface area (Å²) in [7, 11) is 1.66. The molecule has 0 atom stereocenters. The highest BCUT2D eigenvalue weighted by molar-refractivity contribution is 5.30. The van der Waals surface area contributed by atoms with Gasteiger partial charge in [-0.05, 0) is 24.5 Å². The van der Waals surface area contributed by atoms with Crippen LogP contribution in [0.15, 0.2) is 36.1 Å². The zero-order valence-corrected chi connectivity index (χ0v) is 10.5. The van der Waals surface area contributed by atoms with Gasteiger partial charge in [-0.15, -0.1) is 0 Å². The predicted molar refractivity (Wildman–Crippen MR) is 65.2 cm³/mol. The fourth-order valence-electron chi connectivity index (χ4n) is 0.791. The lowest BCUT2D eigenvalue weighted by Gasteiger charge is -2.12. The second-order valence-electron chi connectivity index (χ2n) is 3.24. The molecule has 0 aliphatic rings. The van der Waals surface area contributed by atoms with Crippen molar-refractivity contribution in [2.75, 3.05) is 7.11 Å². The number of ether oxygens (including phenoxy) is 1. The van der Waals surface area contributed by atoms with Crippen molar-refractivity contribution in [2.45, 2.75) is 34.6 Å². The largest absolute Gasteiger partial charge is 0.496 e. The van der Waals surface area contributed by atoms with Gasteiger partial charge in [0.25, 0.3) is 0 Å². The van der Waals surface area contributed by atoms with Gasteiger partial charge < -0.3 is 4.74 Å². The van der Waals surface area contributed by atoms with Gasteiger partial charge in [0.1, 0.15) is 5.76 Å². The number of hydrogen-bond acceptors (Lipinski definition) is 1. The molecule has 0 aromatic heterocycles. The van der Waals surface area contributed by atoms with Crippen LogP contribution in [-0.2, 0) is 4.74 Å². The van der Waals surface area contributed by atoms with Crippen LogP contribution in [0.25, 0.3) is 0 Å². The first-order valence-electron chi connectivity index (χ1n) is 5.09. The van der Waals surface area contributed by atoms with Crippen molar-refractivity contribution < 1.29 is 4.74 Å². The van der Waals surface area contributed by atoms with E-state index in [0.29, 0.717) is 5.92 Å². The Balaban J connectivity index is 0. The van der Waals surface area contributed by atoms with Crippen molar-refractivity contribution in [3.05, 3.63) is 36.1 Å². The van der Waals surface area contributed by atoms with E-state index in [1.165, 1.54) is 0 Å². The molecule has 1 nitrogen and oxygen atoms in total. The van der Waals surface area contributed by atoms with Crippen molar-refractivity contribution in [2.24, 2.45) is 5.92 Å². The molecule has 1 heteroatoms. The van der Waals surface area contributed by atoms with Gasteiger partial charge in [-0.25, -0.2) is 0 Å². The van der Waals surface area contributed by atoms with Gasteiger partial charge in [0.15, 0.2) is 0 Å². The van der Waals surface area contributed by atoms with E-state index in [4.69, 9.17) is 4.74 Å². The number of rotatable bonds is 4. The van der Waals surface area contributed by atoms with Crippen molar-refractivity contribution in [3.63, 3.8) is 0 Å². The lowest BCUT2D eigenvalue weighted by molar-refractivity contribution is 0.294. The highest BCUT2D eigenvalue weighted by Gasteiger charge is 2.06. The minimum atomic E-state index is 0.413. The summed E-state index contributed by atoms with van der Waals surface area (Å²) in [6.07, 6.45) is 1.91. The topological polar surface area (TPSA) is 9.23 Å². The molecule has 0 heterocycles. The van der Waals surface area contributed by atoms with E-state index < -0.39 is 0 Å². The third kappa shape index (κ3) is 6.53. The van der Waals surface area contributed by atoms with Crippen molar-refractivity contribution in [3.8, 4) is 0 Å². The molecule has 14 heavy (non-hydrogen) atoms. The second kappa shape index (κ2) is 8.61. The zero-order valence-electron chi connectivity index (χ0n) is 10.5. The highest BCUT2D eigenvalue weighted by atomic mass is 16.5. The van der Waals surface area contributed by atoms with E-state index in [1.54, 1.807) is 7.11 Å². The maximum atomic E-state index is 5.18. The Bertz CT molecular complexity index is 209. The lowest BCUT2D eigenvalue weighted by atomic mass is 10.0. The number of hydrogen-bond donors (Lipinski definition) is 0. The normalized spacial score (nSPS) is 10.4. The Morgan fingerprint density at radius 2 is 1.64 bits per heavy atom. The molecule has 0 aliphatic carbocycles. The Morgan fingerprint density at radius 3 is 1.86 bits per heavy atom. The van der Waals surface area contributed by atoms with E-state index in [2.05, 4.69) is 27.0 Å². The van der Waals surface area contributed by atoms with E-state index in [-0.39, 0.29) is 0 Å². The molecule has 0 radical (unpaired) electrons. The van der Waals surface area contributed by atoms with Gasteiger partial charge in [0.05, 0.1) is 7.11 Å². The van der Waals surface area contributed by atoms with Gasteiger partial charge in [0, 0.05) is 0 Å². The fraction of sp³-hybridized carbons (Fsp3) is 0.538. The number of methoxy groups -OCH3 is 1. The van der Waals surface area contributed by atoms with E-state index in [9.17, 15) is 0 Å². The monoisotopic (exact) mass is 196 g/mol. The summed E-state index contributed by atoms with van der Waals surface area (Å²) in [5.41, 5.74) is 1.99. The molecule has 0 saturated carbocycles. The summed E-state index contributed by atoms with van der Waals surface area (Å²) in [5.74, 6) is 1.24. The van der Waals surface area contributed by atoms with Crippen molar-refractivity contribution in [1.82, 2.24) is 0 Å². The molecule has 0 unspecified atom stereocenters. The lowest BCUT2D eigenvalue weighted by Crippen LogP contribution is -1.98. The van der Waals surface area contributed by atoms with Crippen molar-refractivity contribution in [1.29, 1.82) is 0 Å². The molecule has 0 N–H and O–H groups in total. The predicted octanol–water partition coefficient (Wildman–Crippen LogP) is 4.33. The Hall–Kier alpha value is -0.980. The van der Waals surface area contributed by atoms with Crippen molar-refractivity contribution >= 4 is 0 Å². The highest BCUT2D eigenvalue weighted by Crippen LogP contribution is 2.18. The first kappa shape index (κ1) is 15.5. The second-order valence-corrected chi connectivity index (χ2v) is 3.24. The quantitative estimate of drug-likeness (QED) is 0.480. The molecule has 0 spiro atoms. The van der Waals surface area contributed by atoms with Crippen LogP contribution in [0.2, 0.25) is 0 Å². The maximum Gasteiger partial charge on any atom is 0.121 e. The van der Waals surface area contributed by atoms with Gasteiger partial charge >= 0.3 is 0 Å². The molecule has 0 aromatic carbocycles. The van der Waals surface area contributed by atoms with Gasteiger partial charge in [-0.3, -0.25) is 0 Å². The Kier molecular flexibility index (Phi) is 9.53. The summed E-state index contributed by atoms with van der Waals surface area (Å²) in [6.45, 7) is 17.9. The molecule has 82 valence electrons. The van der Waals surface area contributed by atoms with Crippen LogP contribution in [-0.4, -0.2) is 7.11 Å². The van der Waals surface area contributed by atoms with Gasteiger partial charge in [-0.2, -0.15) is 0 Å². The Labute approximate surface area is 89.2 Å². The third-order valence-corrected chi connectivity index (χ3v) is 1.61. The SMILES string of the molecule is C=C(C)/C=C(/OC)C(=C)C(C)C.CC. The summed E-state index contributed by atoms with van der Waals surface area (Å²) < 4.78 is 5.18. The minimum absolute atomic E-state index is 0.413. The van der Waals surface area contributed by atoms with Gasteiger partial charge in [-0.1, -0.05) is 46.4 Å². The first-order chi connectivity index (χ1) is 6.49. The molecular weight excluding hydrogens is 172 g/mol. The molecule has 0 aliphatic heterocycles. The van der Waals surface area contributed by atoms with Crippen LogP contribution >= 0.6 is 0 Å². The zero-order chi connectivity index (χ0) is 11.7. The summed E-state index contributed by atoms with van der Waals surface area (Å²) in [4.78, 5) is 0. The van der Waals surface area contributed by atoms with E-state index >= 15 is 0 Å². The summed E-state index contributed by atoms with van der Waals surface area (Å²) in [6, 6.07) is 0. The summed E-state index contributed by atoms with van der Waals surface area (Å²) >= 11 is 0. The standard InChI is InChI=1S/C11H18O.C2H6/c1-8(2)7-11(12-6)10(5)9(3)4;1-2/h7,9H,1,5H2,2-4,6H3;1-2H3/b11-7+;. The average Bonchev–Trinajstić information content (AvgIpc) is 2.15. The van der Waals surface area contributed by atoms with Crippen LogP contribution in [0.4, 0.5) is 0 Å². The molecule has 0 rings (SSSR count). The fourth-order valence-corrected chi connectivity index (χ4v) is 0.791. The summed E-state index contributed by atoms with van der Waals surface area (Å²) in [5, 5.41) is 0.